The molecule has 1 aromatic heterocycles. The first-order valence-electron chi connectivity index (χ1n) is 8.45. The molecule has 0 radical (unpaired) electrons. The molecule has 1 aliphatic heterocycles. The Hall–Kier alpha value is -1.32. The molecular weight excluding hydrogens is 270 g/mol. The van der Waals surface area contributed by atoms with Crippen molar-refractivity contribution in [2.75, 3.05) is 33.2 Å². The molecule has 3 nitrogen and oxygen atoms in total. The van der Waals surface area contributed by atoms with Crippen LogP contribution in [0.25, 0.3) is 6.08 Å². The molecule has 3 heteroatoms. The number of rotatable bonds is 7. The Kier molecular flexibility index (Phi) is 6.47. The summed E-state index contributed by atoms with van der Waals surface area (Å²) in [5.41, 5.74) is 4.13. The van der Waals surface area contributed by atoms with Crippen molar-refractivity contribution in [3.05, 3.63) is 41.7 Å². The SMILES string of the molecule is C=C/C=C\c1c(CCN(C)CC2CCNCC2)cn(C)c1C. The Balaban J connectivity index is 1.91. The Labute approximate surface area is 135 Å². The molecule has 0 bridgehead atoms. The molecule has 0 unspecified atom stereocenters. The van der Waals surface area contributed by atoms with Gasteiger partial charge >= 0.3 is 0 Å². The van der Waals surface area contributed by atoms with Gasteiger partial charge in [-0.25, -0.2) is 0 Å². The van der Waals surface area contributed by atoms with E-state index in [-0.39, 0.29) is 0 Å². The fourth-order valence-corrected chi connectivity index (χ4v) is 3.32. The van der Waals surface area contributed by atoms with E-state index in [4.69, 9.17) is 0 Å². The monoisotopic (exact) mass is 301 g/mol. The van der Waals surface area contributed by atoms with E-state index in [1.165, 1.54) is 49.3 Å². The zero-order valence-corrected chi connectivity index (χ0v) is 14.4. The van der Waals surface area contributed by atoms with Gasteiger partial charge in [-0.1, -0.05) is 24.8 Å². The molecule has 0 spiro atoms. The highest BCUT2D eigenvalue weighted by atomic mass is 15.1. The third-order valence-corrected chi connectivity index (χ3v) is 4.80. The minimum absolute atomic E-state index is 0.865. The van der Waals surface area contributed by atoms with Gasteiger partial charge in [0.15, 0.2) is 0 Å². The molecule has 0 amide bonds. The fourth-order valence-electron chi connectivity index (χ4n) is 3.32. The summed E-state index contributed by atoms with van der Waals surface area (Å²) < 4.78 is 2.23. The molecule has 122 valence electrons. The van der Waals surface area contributed by atoms with Gasteiger partial charge in [0.1, 0.15) is 0 Å². The first-order chi connectivity index (χ1) is 10.6. The summed E-state index contributed by atoms with van der Waals surface area (Å²) in [6.45, 7) is 10.7. The maximum atomic E-state index is 3.77. The molecule has 0 saturated carbocycles. The first kappa shape index (κ1) is 17.0. The van der Waals surface area contributed by atoms with Gasteiger partial charge in [0.25, 0.3) is 0 Å². The van der Waals surface area contributed by atoms with Crippen LogP contribution in [0.1, 0.15) is 29.7 Å². The number of piperidine rings is 1. The van der Waals surface area contributed by atoms with Crippen LogP contribution in [-0.2, 0) is 13.5 Å². The number of hydrogen-bond donors (Lipinski definition) is 1. The molecule has 1 saturated heterocycles. The largest absolute Gasteiger partial charge is 0.354 e. The van der Waals surface area contributed by atoms with E-state index in [0.29, 0.717) is 0 Å². The van der Waals surface area contributed by atoms with E-state index in [1.807, 2.05) is 12.2 Å². The molecule has 0 aromatic carbocycles. The summed E-state index contributed by atoms with van der Waals surface area (Å²) in [5, 5.41) is 3.44. The van der Waals surface area contributed by atoms with Crippen LogP contribution in [0.4, 0.5) is 0 Å². The molecule has 1 fully saturated rings. The lowest BCUT2D eigenvalue weighted by Gasteiger charge is -2.27. The first-order valence-corrected chi connectivity index (χ1v) is 8.45. The molecule has 1 aliphatic rings. The minimum Gasteiger partial charge on any atom is -0.354 e. The maximum absolute atomic E-state index is 3.77. The summed E-state index contributed by atoms with van der Waals surface area (Å²) in [7, 11) is 4.39. The van der Waals surface area contributed by atoms with Crippen LogP contribution in [0.3, 0.4) is 0 Å². The molecule has 1 aromatic rings. The van der Waals surface area contributed by atoms with Crippen molar-refractivity contribution in [2.24, 2.45) is 13.0 Å². The van der Waals surface area contributed by atoms with Crippen LogP contribution in [0, 0.1) is 12.8 Å². The van der Waals surface area contributed by atoms with Crippen molar-refractivity contribution in [2.45, 2.75) is 26.2 Å². The highest BCUT2D eigenvalue weighted by Crippen LogP contribution is 2.19. The molecule has 2 rings (SSSR count). The van der Waals surface area contributed by atoms with Gasteiger partial charge in [-0.05, 0) is 63.4 Å². The Bertz CT molecular complexity index is 507. The minimum atomic E-state index is 0.865. The summed E-state index contributed by atoms with van der Waals surface area (Å²) in [5.74, 6) is 0.865. The lowest BCUT2D eigenvalue weighted by atomic mass is 9.97. The van der Waals surface area contributed by atoms with Gasteiger partial charge < -0.3 is 14.8 Å². The average Bonchev–Trinajstić information content (AvgIpc) is 2.79. The van der Waals surface area contributed by atoms with Crippen molar-refractivity contribution in [1.82, 2.24) is 14.8 Å². The Morgan fingerprint density at radius 2 is 2.14 bits per heavy atom. The van der Waals surface area contributed by atoms with E-state index in [0.717, 1.165) is 18.9 Å². The second kappa shape index (κ2) is 8.35. The standard InChI is InChI=1S/C19H31N3/c1-5-6-7-19-16(2)22(4)15-18(19)10-13-21(3)14-17-8-11-20-12-9-17/h5-7,15,17,20H,1,8-14H2,2-4H3/b7-6-. The van der Waals surface area contributed by atoms with E-state index >= 15 is 0 Å². The predicted molar refractivity (Wildman–Crippen MR) is 96.2 cm³/mol. The number of hydrogen-bond acceptors (Lipinski definition) is 2. The molecule has 2 heterocycles. The van der Waals surface area contributed by atoms with Crippen LogP contribution >= 0.6 is 0 Å². The second-order valence-corrected chi connectivity index (χ2v) is 6.56. The highest BCUT2D eigenvalue weighted by Gasteiger charge is 2.15. The summed E-state index contributed by atoms with van der Waals surface area (Å²) in [4.78, 5) is 2.50. The van der Waals surface area contributed by atoms with Gasteiger partial charge in [0.2, 0.25) is 0 Å². The quantitative estimate of drug-likeness (QED) is 0.781. The smallest absolute Gasteiger partial charge is 0.0216 e. The predicted octanol–water partition coefficient (Wildman–Crippen LogP) is 3.01. The highest BCUT2D eigenvalue weighted by molar-refractivity contribution is 5.58. The van der Waals surface area contributed by atoms with Crippen LogP contribution < -0.4 is 5.32 Å². The topological polar surface area (TPSA) is 20.2 Å². The van der Waals surface area contributed by atoms with E-state index in [2.05, 4.69) is 54.7 Å². The van der Waals surface area contributed by atoms with Crippen LogP contribution in [0.5, 0.6) is 0 Å². The molecule has 22 heavy (non-hydrogen) atoms. The van der Waals surface area contributed by atoms with Crippen LogP contribution in [0.2, 0.25) is 0 Å². The van der Waals surface area contributed by atoms with E-state index in [1.54, 1.807) is 0 Å². The number of aromatic nitrogens is 1. The summed E-state index contributed by atoms with van der Waals surface area (Å²) in [6.07, 6.45) is 12.1. The fraction of sp³-hybridized carbons (Fsp3) is 0.579. The lowest BCUT2D eigenvalue weighted by Crippen LogP contribution is -2.35. The Morgan fingerprint density at radius 1 is 1.41 bits per heavy atom. The second-order valence-electron chi connectivity index (χ2n) is 6.56. The van der Waals surface area contributed by atoms with Gasteiger partial charge in [-0.3, -0.25) is 0 Å². The maximum Gasteiger partial charge on any atom is 0.0216 e. The van der Waals surface area contributed by atoms with Gasteiger partial charge in [-0.2, -0.15) is 0 Å². The van der Waals surface area contributed by atoms with Crippen molar-refractivity contribution < 1.29 is 0 Å². The zero-order valence-electron chi connectivity index (χ0n) is 14.4. The lowest BCUT2D eigenvalue weighted by molar-refractivity contribution is 0.242. The number of nitrogens with zero attached hydrogens (tertiary/aromatic N) is 2. The summed E-state index contributed by atoms with van der Waals surface area (Å²) in [6, 6.07) is 0. The van der Waals surface area contributed by atoms with Crippen molar-refractivity contribution in [3.63, 3.8) is 0 Å². The van der Waals surface area contributed by atoms with Crippen molar-refractivity contribution in [1.29, 1.82) is 0 Å². The molecule has 0 aliphatic carbocycles. The van der Waals surface area contributed by atoms with Gasteiger partial charge in [0, 0.05) is 32.0 Å². The van der Waals surface area contributed by atoms with Crippen LogP contribution in [-0.4, -0.2) is 42.7 Å². The average molecular weight is 301 g/mol. The number of nitrogens with one attached hydrogen (secondary N) is 1. The van der Waals surface area contributed by atoms with Crippen molar-refractivity contribution >= 4 is 6.08 Å². The third-order valence-electron chi connectivity index (χ3n) is 4.80. The molecular formula is C19H31N3. The number of likely N-dealkylation sites (N-methyl/N-ethyl adjacent to an activating group) is 1. The normalized spacial score (nSPS) is 16.7. The van der Waals surface area contributed by atoms with E-state index < -0.39 is 0 Å². The third kappa shape index (κ3) is 4.59. The van der Waals surface area contributed by atoms with Crippen molar-refractivity contribution in [3.8, 4) is 0 Å². The van der Waals surface area contributed by atoms with E-state index in [9.17, 15) is 0 Å². The van der Waals surface area contributed by atoms with Gasteiger partial charge in [0.05, 0.1) is 0 Å². The number of aryl methyl sites for hydroxylation is 1. The molecule has 0 atom stereocenters. The Morgan fingerprint density at radius 3 is 2.82 bits per heavy atom. The van der Waals surface area contributed by atoms with Gasteiger partial charge in [-0.15, -0.1) is 0 Å². The van der Waals surface area contributed by atoms with Crippen LogP contribution in [0.15, 0.2) is 24.9 Å². The zero-order chi connectivity index (χ0) is 15.9. The number of allylic oxidation sites excluding steroid dienone is 2. The molecule has 1 N–H and O–H groups in total. The summed E-state index contributed by atoms with van der Waals surface area (Å²) >= 11 is 0.